The van der Waals surface area contributed by atoms with Gasteiger partial charge in [-0.2, -0.15) is 0 Å². The number of benzene rings is 3. The Balaban J connectivity index is 2.13. The van der Waals surface area contributed by atoms with Crippen molar-refractivity contribution in [3.63, 3.8) is 0 Å². The summed E-state index contributed by atoms with van der Waals surface area (Å²) in [6, 6.07) is 22.3. The molecule has 4 heteroatoms. The zero-order valence-electron chi connectivity index (χ0n) is 15.3. The molecule has 3 aromatic carbocycles. The Bertz CT molecular complexity index is 994. The molecule has 0 bridgehead atoms. The molecule has 0 saturated heterocycles. The molecule has 134 valence electrons. The first-order valence-corrected chi connectivity index (χ1v) is 10.0. The lowest BCUT2D eigenvalue weighted by Crippen LogP contribution is -2.31. The van der Waals surface area contributed by atoms with Crippen molar-refractivity contribution in [3.05, 3.63) is 95.1 Å². The fourth-order valence-corrected chi connectivity index (χ4v) is 4.42. The van der Waals surface area contributed by atoms with E-state index in [0.717, 1.165) is 27.9 Å². The summed E-state index contributed by atoms with van der Waals surface area (Å²) in [6.07, 6.45) is 0. The molecule has 0 fully saturated rings. The second kappa shape index (κ2) is 7.34. The smallest absolute Gasteiger partial charge is 0.262 e. The number of sulfonamides is 1. The fraction of sp³-hybridized carbons (Fsp3) is 0.182. The van der Waals surface area contributed by atoms with E-state index in [0.29, 0.717) is 11.4 Å². The predicted octanol–water partition coefficient (Wildman–Crippen LogP) is 5.01. The number of aryl methyl sites for hydroxylation is 2. The Morgan fingerprint density at radius 1 is 0.769 bits per heavy atom. The second-order valence-corrected chi connectivity index (χ2v) is 8.39. The van der Waals surface area contributed by atoms with Gasteiger partial charge in [0.15, 0.2) is 0 Å². The Labute approximate surface area is 156 Å². The molecular formula is C22H23NO2S. The highest BCUT2D eigenvalue weighted by atomic mass is 32.2. The highest BCUT2D eigenvalue weighted by Crippen LogP contribution is 2.30. The van der Waals surface area contributed by atoms with Crippen LogP contribution in [0.15, 0.2) is 77.7 Å². The first kappa shape index (κ1) is 18.2. The van der Waals surface area contributed by atoms with Crippen molar-refractivity contribution in [2.45, 2.75) is 32.2 Å². The van der Waals surface area contributed by atoms with Gasteiger partial charge in [0, 0.05) is 0 Å². The quantitative estimate of drug-likeness (QED) is 0.637. The number of hydrogen-bond donors (Lipinski definition) is 0. The van der Waals surface area contributed by atoms with E-state index in [9.17, 15) is 8.42 Å². The average Bonchev–Trinajstić information content (AvgIpc) is 2.64. The van der Waals surface area contributed by atoms with E-state index < -0.39 is 10.0 Å². The molecule has 0 radical (unpaired) electrons. The van der Waals surface area contributed by atoms with Crippen LogP contribution < -0.4 is 4.31 Å². The van der Waals surface area contributed by atoms with Gasteiger partial charge in [-0.3, -0.25) is 4.31 Å². The molecule has 0 amide bonds. The molecular weight excluding hydrogens is 342 g/mol. The third kappa shape index (κ3) is 3.65. The lowest BCUT2D eigenvalue weighted by Gasteiger charge is -2.27. The minimum Gasteiger partial charge on any atom is -0.262 e. The molecule has 0 aliphatic carbocycles. The van der Waals surface area contributed by atoms with Crippen LogP contribution in [0.25, 0.3) is 0 Å². The molecule has 0 N–H and O–H groups in total. The molecule has 0 aliphatic rings. The molecule has 3 aromatic rings. The minimum atomic E-state index is -3.67. The summed E-state index contributed by atoms with van der Waals surface area (Å²) < 4.78 is 28.3. The Hall–Kier alpha value is -2.59. The van der Waals surface area contributed by atoms with Crippen LogP contribution in [0.1, 0.15) is 22.3 Å². The van der Waals surface area contributed by atoms with Crippen molar-refractivity contribution in [2.75, 3.05) is 4.31 Å². The van der Waals surface area contributed by atoms with Gasteiger partial charge in [-0.15, -0.1) is 0 Å². The highest BCUT2D eigenvalue weighted by Gasteiger charge is 2.26. The Morgan fingerprint density at radius 2 is 1.42 bits per heavy atom. The number of anilines is 1. The third-order valence-electron chi connectivity index (χ3n) is 4.62. The molecule has 0 aromatic heterocycles. The van der Waals surface area contributed by atoms with Crippen LogP contribution in [0.3, 0.4) is 0 Å². The van der Waals surface area contributed by atoms with Crippen LogP contribution in [0.5, 0.6) is 0 Å². The molecule has 0 saturated carbocycles. The second-order valence-electron chi connectivity index (χ2n) is 6.53. The van der Waals surface area contributed by atoms with Crippen LogP contribution in [-0.2, 0) is 16.6 Å². The maximum absolute atomic E-state index is 13.4. The number of rotatable bonds is 5. The van der Waals surface area contributed by atoms with Gasteiger partial charge in [-0.1, -0.05) is 60.2 Å². The predicted molar refractivity (Wildman–Crippen MR) is 107 cm³/mol. The van der Waals surface area contributed by atoms with Gasteiger partial charge in [-0.05, 0) is 55.7 Å². The number of hydrogen-bond acceptors (Lipinski definition) is 2. The topological polar surface area (TPSA) is 37.4 Å². The third-order valence-corrected chi connectivity index (χ3v) is 6.40. The van der Waals surface area contributed by atoms with Crippen molar-refractivity contribution in [1.29, 1.82) is 0 Å². The largest absolute Gasteiger partial charge is 0.264 e. The highest BCUT2D eigenvalue weighted by molar-refractivity contribution is 7.92. The van der Waals surface area contributed by atoms with Crippen molar-refractivity contribution in [3.8, 4) is 0 Å². The minimum absolute atomic E-state index is 0.293. The summed E-state index contributed by atoms with van der Waals surface area (Å²) >= 11 is 0. The molecule has 0 unspecified atom stereocenters. The van der Waals surface area contributed by atoms with Crippen molar-refractivity contribution in [2.24, 2.45) is 0 Å². The molecule has 3 nitrogen and oxygen atoms in total. The van der Waals surface area contributed by atoms with Gasteiger partial charge in [0.1, 0.15) is 0 Å². The van der Waals surface area contributed by atoms with E-state index in [2.05, 4.69) is 0 Å². The Morgan fingerprint density at radius 3 is 2.08 bits per heavy atom. The molecule has 0 atom stereocenters. The van der Waals surface area contributed by atoms with Crippen LogP contribution in [0.2, 0.25) is 0 Å². The van der Waals surface area contributed by atoms with Crippen molar-refractivity contribution < 1.29 is 8.42 Å². The van der Waals surface area contributed by atoms with Crippen molar-refractivity contribution >= 4 is 15.7 Å². The van der Waals surface area contributed by atoms with E-state index in [4.69, 9.17) is 0 Å². The van der Waals surface area contributed by atoms with Gasteiger partial charge in [0.2, 0.25) is 0 Å². The molecule has 0 spiro atoms. The van der Waals surface area contributed by atoms with E-state index in [1.165, 1.54) is 4.31 Å². The van der Waals surface area contributed by atoms with Gasteiger partial charge < -0.3 is 0 Å². The average molecular weight is 365 g/mol. The Kier molecular flexibility index (Phi) is 5.14. The normalized spacial score (nSPS) is 11.3. The molecule has 3 rings (SSSR count). The van der Waals surface area contributed by atoms with E-state index in [1.54, 1.807) is 24.3 Å². The van der Waals surface area contributed by atoms with Crippen LogP contribution in [0, 0.1) is 20.8 Å². The van der Waals surface area contributed by atoms with Crippen molar-refractivity contribution in [1.82, 2.24) is 0 Å². The first-order chi connectivity index (χ1) is 12.4. The molecule has 0 aliphatic heterocycles. The van der Waals surface area contributed by atoms with Gasteiger partial charge in [0.25, 0.3) is 10.0 Å². The van der Waals surface area contributed by atoms with Gasteiger partial charge in [-0.25, -0.2) is 8.42 Å². The zero-order chi connectivity index (χ0) is 18.7. The van der Waals surface area contributed by atoms with Gasteiger partial charge >= 0.3 is 0 Å². The maximum Gasteiger partial charge on any atom is 0.264 e. The molecule has 0 heterocycles. The standard InChI is InChI=1S/C22H23NO2S/c1-17-12-14-20(15-13-17)16-23(22-11-7-8-18(2)19(22)3)26(24,25)21-9-5-4-6-10-21/h4-15H,16H2,1-3H3. The van der Waals surface area contributed by atoms with Crippen LogP contribution in [-0.4, -0.2) is 8.42 Å². The first-order valence-electron chi connectivity index (χ1n) is 8.59. The SMILES string of the molecule is Cc1ccc(CN(c2cccc(C)c2C)S(=O)(=O)c2ccccc2)cc1. The molecule has 26 heavy (non-hydrogen) atoms. The number of nitrogens with zero attached hydrogens (tertiary/aromatic N) is 1. The summed E-state index contributed by atoms with van der Waals surface area (Å²) in [5.41, 5.74) is 4.86. The van der Waals surface area contributed by atoms with Crippen LogP contribution >= 0.6 is 0 Å². The zero-order valence-corrected chi connectivity index (χ0v) is 16.1. The summed E-state index contributed by atoms with van der Waals surface area (Å²) in [5.74, 6) is 0. The monoisotopic (exact) mass is 365 g/mol. The van der Waals surface area contributed by atoms with E-state index in [1.807, 2.05) is 69.3 Å². The van der Waals surface area contributed by atoms with Gasteiger partial charge in [0.05, 0.1) is 17.1 Å². The summed E-state index contributed by atoms with van der Waals surface area (Å²) in [7, 11) is -3.67. The fourth-order valence-electron chi connectivity index (χ4n) is 2.88. The summed E-state index contributed by atoms with van der Waals surface area (Å²) in [5, 5.41) is 0. The lowest BCUT2D eigenvalue weighted by atomic mass is 10.1. The van der Waals surface area contributed by atoms with E-state index in [-0.39, 0.29) is 0 Å². The van der Waals surface area contributed by atoms with Crippen LogP contribution in [0.4, 0.5) is 5.69 Å². The summed E-state index contributed by atoms with van der Waals surface area (Å²) in [4.78, 5) is 0.299. The summed E-state index contributed by atoms with van der Waals surface area (Å²) in [6.45, 7) is 6.28. The lowest BCUT2D eigenvalue weighted by molar-refractivity contribution is 0.590. The van der Waals surface area contributed by atoms with E-state index >= 15 is 0 Å². The maximum atomic E-state index is 13.4.